The zero-order chi connectivity index (χ0) is 14.0. The van der Waals surface area contributed by atoms with Gasteiger partial charge in [-0.1, -0.05) is 40.9 Å². The minimum Gasteiger partial charge on any atom is -0.318 e. The molecule has 2 rings (SSSR count). The first-order valence-corrected chi connectivity index (χ1v) is 6.50. The van der Waals surface area contributed by atoms with Gasteiger partial charge in [0.05, 0.1) is 15.7 Å². The lowest BCUT2D eigenvalue weighted by atomic mass is 10.2. The van der Waals surface area contributed by atoms with Crippen molar-refractivity contribution in [3.05, 3.63) is 56.8 Å². The van der Waals surface area contributed by atoms with Gasteiger partial charge in [0.1, 0.15) is 5.69 Å². The summed E-state index contributed by atoms with van der Waals surface area (Å²) in [7, 11) is 0. The second-order valence-corrected chi connectivity index (χ2v) is 5.09. The van der Waals surface area contributed by atoms with Crippen LogP contribution in [-0.2, 0) is 0 Å². The highest BCUT2D eigenvalue weighted by Crippen LogP contribution is 2.33. The molecule has 1 amide bonds. The van der Waals surface area contributed by atoms with Crippen LogP contribution in [-0.4, -0.2) is 10.9 Å². The predicted octanol–water partition coefficient (Wildman–Crippen LogP) is 4.60. The molecule has 0 aliphatic carbocycles. The number of halogens is 3. The normalized spacial score (nSPS) is 10.3. The highest BCUT2D eigenvalue weighted by Gasteiger charge is 2.14. The van der Waals surface area contributed by atoms with Crippen molar-refractivity contribution >= 4 is 46.4 Å². The van der Waals surface area contributed by atoms with Gasteiger partial charge in [0.15, 0.2) is 0 Å². The molecule has 0 fully saturated rings. The Balaban J connectivity index is 2.32. The summed E-state index contributed by atoms with van der Waals surface area (Å²) in [6.45, 7) is 1.83. The Morgan fingerprint density at radius 1 is 1.21 bits per heavy atom. The lowest BCUT2D eigenvalue weighted by molar-refractivity contribution is 0.102. The first kappa shape index (κ1) is 14.1. The maximum Gasteiger partial charge on any atom is 0.274 e. The van der Waals surface area contributed by atoms with Gasteiger partial charge in [0.2, 0.25) is 0 Å². The van der Waals surface area contributed by atoms with E-state index >= 15 is 0 Å². The Labute approximate surface area is 125 Å². The van der Waals surface area contributed by atoms with Crippen LogP contribution in [0.4, 0.5) is 5.69 Å². The largest absolute Gasteiger partial charge is 0.318 e. The number of aryl methyl sites for hydroxylation is 1. The number of anilines is 1. The second-order valence-electron chi connectivity index (χ2n) is 3.87. The number of hydrogen-bond donors (Lipinski definition) is 1. The maximum absolute atomic E-state index is 12.0. The molecule has 1 N–H and O–H groups in total. The predicted molar refractivity (Wildman–Crippen MR) is 78.4 cm³/mol. The SMILES string of the molecule is Cc1ccc(Cl)c(NC(=O)c2cc(Cl)ccn2)c1Cl. The van der Waals surface area contributed by atoms with Crippen molar-refractivity contribution in [3.63, 3.8) is 0 Å². The van der Waals surface area contributed by atoms with E-state index in [1.165, 1.54) is 12.3 Å². The average molecular weight is 316 g/mol. The second kappa shape index (κ2) is 5.78. The van der Waals surface area contributed by atoms with Crippen LogP contribution in [0, 0.1) is 6.92 Å². The molecular weight excluding hydrogens is 307 g/mol. The van der Waals surface area contributed by atoms with Crippen LogP contribution < -0.4 is 5.32 Å². The van der Waals surface area contributed by atoms with Gasteiger partial charge in [-0.15, -0.1) is 0 Å². The number of nitrogens with zero attached hydrogens (tertiary/aromatic N) is 1. The molecule has 3 nitrogen and oxygen atoms in total. The quantitative estimate of drug-likeness (QED) is 0.880. The molecule has 6 heteroatoms. The van der Waals surface area contributed by atoms with Crippen molar-refractivity contribution in [2.24, 2.45) is 0 Å². The lowest BCUT2D eigenvalue weighted by Crippen LogP contribution is -2.14. The number of carbonyl (C=O) groups excluding carboxylic acids is 1. The third-order valence-corrected chi connectivity index (χ3v) is 3.51. The van der Waals surface area contributed by atoms with Gasteiger partial charge in [0.25, 0.3) is 5.91 Å². The average Bonchev–Trinajstić information content (AvgIpc) is 2.39. The summed E-state index contributed by atoms with van der Waals surface area (Å²) in [6, 6.07) is 6.50. The highest BCUT2D eigenvalue weighted by molar-refractivity contribution is 6.40. The first-order chi connectivity index (χ1) is 8.99. The molecule has 0 atom stereocenters. The summed E-state index contributed by atoms with van der Waals surface area (Å²) < 4.78 is 0. The van der Waals surface area contributed by atoms with E-state index in [4.69, 9.17) is 34.8 Å². The molecular formula is C13H9Cl3N2O. The molecule has 0 bridgehead atoms. The number of rotatable bonds is 2. The molecule has 0 unspecified atom stereocenters. The number of nitrogens with one attached hydrogen (secondary N) is 1. The fourth-order valence-corrected chi connectivity index (χ4v) is 2.10. The number of benzene rings is 1. The van der Waals surface area contributed by atoms with Crippen LogP contribution in [0.2, 0.25) is 15.1 Å². The highest BCUT2D eigenvalue weighted by atomic mass is 35.5. The zero-order valence-electron chi connectivity index (χ0n) is 9.88. The first-order valence-electron chi connectivity index (χ1n) is 5.36. The van der Waals surface area contributed by atoms with Crippen molar-refractivity contribution in [3.8, 4) is 0 Å². The van der Waals surface area contributed by atoms with E-state index in [-0.39, 0.29) is 5.69 Å². The molecule has 0 spiro atoms. The van der Waals surface area contributed by atoms with Crippen LogP contribution in [0.5, 0.6) is 0 Å². The van der Waals surface area contributed by atoms with E-state index in [0.717, 1.165) is 5.56 Å². The van der Waals surface area contributed by atoms with Crippen molar-refractivity contribution in [1.29, 1.82) is 0 Å². The van der Waals surface area contributed by atoms with Gasteiger partial charge in [0, 0.05) is 11.2 Å². The fraction of sp³-hybridized carbons (Fsp3) is 0.0769. The third kappa shape index (κ3) is 3.18. The lowest BCUT2D eigenvalue weighted by Gasteiger charge is -2.10. The Bertz CT molecular complexity index is 644. The summed E-state index contributed by atoms with van der Waals surface area (Å²) in [5, 5.41) is 3.84. The summed E-state index contributed by atoms with van der Waals surface area (Å²) in [6.07, 6.45) is 1.46. The summed E-state index contributed by atoms with van der Waals surface area (Å²) in [4.78, 5) is 16.0. The number of pyridine rings is 1. The molecule has 0 aliphatic rings. The Morgan fingerprint density at radius 2 is 1.95 bits per heavy atom. The van der Waals surface area contributed by atoms with E-state index < -0.39 is 5.91 Å². The summed E-state index contributed by atoms with van der Waals surface area (Å²) in [5.41, 5.74) is 1.39. The van der Waals surface area contributed by atoms with Crippen molar-refractivity contribution < 1.29 is 4.79 Å². The molecule has 98 valence electrons. The van der Waals surface area contributed by atoms with Gasteiger partial charge >= 0.3 is 0 Å². The van der Waals surface area contributed by atoms with E-state index in [1.54, 1.807) is 18.2 Å². The Kier molecular flexibility index (Phi) is 4.30. The van der Waals surface area contributed by atoms with E-state index in [0.29, 0.717) is 20.8 Å². The number of hydrogen-bond acceptors (Lipinski definition) is 2. The smallest absolute Gasteiger partial charge is 0.274 e. The standard InChI is InChI=1S/C13H9Cl3N2O/c1-7-2-3-9(15)12(11(7)16)18-13(19)10-6-8(14)4-5-17-10/h2-6H,1H3,(H,18,19). The van der Waals surface area contributed by atoms with Gasteiger partial charge in [-0.05, 0) is 30.7 Å². The van der Waals surface area contributed by atoms with E-state index in [1.807, 2.05) is 6.92 Å². The van der Waals surface area contributed by atoms with Gasteiger partial charge in [-0.2, -0.15) is 0 Å². The Morgan fingerprint density at radius 3 is 2.63 bits per heavy atom. The van der Waals surface area contributed by atoms with Crippen LogP contribution in [0.25, 0.3) is 0 Å². The van der Waals surface area contributed by atoms with Crippen LogP contribution in [0.3, 0.4) is 0 Å². The van der Waals surface area contributed by atoms with Crippen LogP contribution in [0.15, 0.2) is 30.5 Å². The van der Waals surface area contributed by atoms with E-state index in [2.05, 4.69) is 10.3 Å². The molecule has 1 aromatic carbocycles. The van der Waals surface area contributed by atoms with Gasteiger partial charge in [-0.3, -0.25) is 9.78 Å². The van der Waals surface area contributed by atoms with Gasteiger partial charge < -0.3 is 5.32 Å². The molecule has 0 saturated heterocycles. The topological polar surface area (TPSA) is 42.0 Å². The minimum atomic E-state index is -0.420. The monoisotopic (exact) mass is 314 g/mol. The number of aromatic nitrogens is 1. The fourth-order valence-electron chi connectivity index (χ4n) is 1.48. The summed E-state index contributed by atoms with van der Waals surface area (Å²) in [5.74, 6) is -0.420. The molecule has 0 aliphatic heterocycles. The summed E-state index contributed by atoms with van der Waals surface area (Å²) >= 11 is 17.9. The third-order valence-electron chi connectivity index (χ3n) is 2.48. The van der Waals surface area contributed by atoms with E-state index in [9.17, 15) is 4.79 Å². The van der Waals surface area contributed by atoms with Crippen LogP contribution in [0.1, 0.15) is 16.1 Å². The Hall–Kier alpha value is -1.29. The molecule has 19 heavy (non-hydrogen) atoms. The number of amides is 1. The molecule has 2 aromatic rings. The molecule has 1 heterocycles. The molecule has 1 aromatic heterocycles. The molecule has 0 radical (unpaired) electrons. The maximum atomic E-state index is 12.0. The van der Waals surface area contributed by atoms with Crippen molar-refractivity contribution in [2.45, 2.75) is 6.92 Å². The minimum absolute atomic E-state index is 0.195. The van der Waals surface area contributed by atoms with Crippen molar-refractivity contribution in [2.75, 3.05) is 5.32 Å². The zero-order valence-corrected chi connectivity index (χ0v) is 12.1. The molecule has 0 saturated carbocycles. The van der Waals surface area contributed by atoms with Crippen LogP contribution >= 0.6 is 34.8 Å². The van der Waals surface area contributed by atoms with Gasteiger partial charge in [-0.25, -0.2) is 0 Å². The number of carbonyl (C=O) groups is 1. The van der Waals surface area contributed by atoms with Crippen molar-refractivity contribution in [1.82, 2.24) is 4.98 Å².